The third-order valence-corrected chi connectivity index (χ3v) is 2.43. The first-order valence-corrected chi connectivity index (χ1v) is 5.28. The highest BCUT2D eigenvalue weighted by Crippen LogP contribution is 2.29. The van der Waals surface area contributed by atoms with E-state index in [0.29, 0.717) is 6.07 Å². The first-order valence-electron chi connectivity index (χ1n) is 5.28. The molecule has 100 valence electrons. The molecule has 1 N–H and O–H groups in total. The summed E-state index contributed by atoms with van der Waals surface area (Å²) in [7, 11) is 0. The van der Waals surface area contributed by atoms with Gasteiger partial charge in [-0.2, -0.15) is 0 Å². The van der Waals surface area contributed by atoms with Gasteiger partial charge in [0.15, 0.2) is 0 Å². The van der Waals surface area contributed by atoms with Crippen molar-refractivity contribution >= 4 is 5.97 Å². The Labute approximate surface area is 102 Å². The van der Waals surface area contributed by atoms with E-state index in [0.717, 1.165) is 19.1 Å². The second-order valence-corrected chi connectivity index (χ2v) is 3.92. The fraction of sp³-hybridized carbons (Fsp3) is 0.417. The molecule has 1 aromatic rings. The van der Waals surface area contributed by atoms with E-state index in [1.807, 2.05) is 0 Å². The van der Waals surface area contributed by atoms with E-state index >= 15 is 0 Å². The highest BCUT2D eigenvalue weighted by molar-refractivity contribution is 5.76. The Morgan fingerprint density at radius 2 is 1.89 bits per heavy atom. The zero-order chi connectivity index (χ0) is 13.9. The quantitative estimate of drug-likeness (QED) is 0.845. The second-order valence-electron chi connectivity index (χ2n) is 3.92. The van der Waals surface area contributed by atoms with Crippen LogP contribution in [0.3, 0.4) is 0 Å². The molecule has 2 unspecified atom stereocenters. The van der Waals surface area contributed by atoms with Gasteiger partial charge in [0.25, 0.3) is 0 Å². The molecule has 0 aromatic heterocycles. The van der Waals surface area contributed by atoms with Gasteiger partial charge in [-0.1, -0.05) is 0 Å². The van der Waals surface area contributed by atoms with Crippen LogP contribution in [0, 0.1) is 11.6 Å². The number of carbonyl (C=O) groups excluding carboxylic acids is 1. The summed E-state index contributed by atoms with van der Waals surface area (Å²) in [5.41, 5.74) is -2.74. The van der Waals surface area contributed by atoms with Gasteiger partial charge in [0, 0.05) is 6.07 Å². The zero-order valence-corrected chi connectivity index (χ0v) is 9.91. The summed E-state index contributed by atoms with van der Waals surface area (Å²) in [6.07, 6.45) is -2.43. The molecule has 1 aromatic carbocycles. The average molecular weight is 262 g/mol. The minimum Gasteiger partial charge on any atom is -0.464 e. The molecule has 1 rings (SSSR count). The van der Waals surface area contributed by atoms with Gasteiger partial charge >= 0.3 is 5.97 Å². The molecule has 0 bridgehead atoms. The van der Waals surface area contributed by atoms with Crippen LogP contribution >= 0.6 is 0 Å². The molecule has 0 fully saturated rings. The number of benzene rings is 1. The van der Waals surface area contributed by atoms with E-state index in [1.165, 1.54) is 6.92 Å². The molecule has 0 saturated carbocycles. The van der Waals surface area contributed by atoms with Gasteiger partial charge in [0.2, 0.25) is 6.17 Å². The predicted octanol–water partition coefficient (Wildman–Crippen LogP) is 2.07. The highest BCUT2D eigenvalue weighted by atomic mass is 19.1. The molecule has 3 nitrogen and oxygen atoms in total. The number of alkyl halides is 1. The summed E-state index contributed by atoms with van der Waals surface area (Å²) in [5.74, 6) is -3.23. The number of esters is 1. The molecule has 6 heteroatoms. The van der Waals surface area contributed by atoms with Gasteiger partial charge < -0.3 is 9.84 Å². The Morgan fingerprint density at radius 1 is 1.39 bits per heavy atom. The average Bonchev–Trinajstić information content (AvgIpc) is 2.27. The molecular formula is C12H13F3O3. The molecule has 0 amide bonds. The third-order valence-electron chi connectivity index (χ3n) is 2.43. The number of halogens is 3. The first kappa shape index (κ1) is 14.5. The van der Waals surface area contributed by atoms with Crippen LogP contribution < -0.4 is 0 Å². The Hall–Kier alpha value is -1.56. The van der Waals surface area contributed by atoms with Crippen molar-refractivity contribution in [3.63, 3.8) is 0 Å². The van der Waals surface area contributed by atoms with Gasteiger partial charge in [-0.15, -0.1) is 0 Å². The standard InChI is InChI=1S/C12H13F3O3/c1-3-18-11(16)10(15)12(2,17)7-4-8(13)6-9(14)5-7/h4-6,10,17H,3H2,1-2H3. The van der Waals surface area contributed by atoms with Crippen molar-refractivity contribution in [2.75, 3.05) is 6.61 Å². The zero-order valence-electron chi connectivity index (χ0n) is 9.91. The van der Waals surface area contributed by atoms with Crippen LogP contribution in [0.2, 0.25) is 0 Å². The smallest absolute Gasteiger partial charge is 0.344 e. The molecule has 0 aliphatic heterocycles. The van der Waals surface area contributed by atoms with E-state index in [2.05, 4.69) is 4.74 Å². The van der Waals surface area contributed by atoms with Crippen molar-refractivity contribution in [2.24, 2.45) is 0 Å². The van der Waals surface area contributed by atoms with Crippen LogP contribution in [-0.2, 0) is 15.1 Å². The summed E-state index contributed by atoms with van der Waals surface area (Å²) >= 11 is 0. The minimum absolute atomic E-state index is 0.0627. The molecule has 0 spiro atoms. The summed E-state index contributed by atoms with van der Waals surface area (Å²) in [5, 5.41) is 9.89. The number of ether oxygens (including phenoxy) is 1. The van der Waals surface area contributed by atoms with Crippen LogP contribution in [0.1, 0.15) is 19.4 Å². The van der Waals surface area contributed by atoms with Crippen molar-refractivity contribution < 1.29 is 27.8 Å². The minimum atomic E-state index is -2.43. The van der Waals surface area contributed by atoms with E-state index in [-0.39, 0.29) is 12.2 Å². The third kappa shape index (κ3) is 3.01. The molecule has 2 atom stereocenters. The maximum absolute atomic E-state index is 13.7. The van der Waals surface area contributed by atoms with Crippen molar-refractivity contribution in [2.45, 2.75) is 25.6 Å². The lowest BCUT2D eigenvalue weighted by atomic mass is 9.91. The molecule has 0 heterocycles. The largest absolute Gasteiger partial charge is 0.464 e. The van der Waals surface area contributed by atoms with Crippen molar-refractivity contribution in [3.05, 3.63) is 35.4 Å². The Kier molecular flexibility index (Phi) is 4.34. The number of aliphatic hydroxyl groups is 1. The van der Waals surface area contributed by atoms with E-state index in [4.69, 9.17) is 0 Å². The summed E-state index contributed by atoms with van der Waals surface area (Å²) < 4.78 is 44.1. The molecule has 0 aliphatic carbocycles. The Balaban J connectivity index is 3.07. The lowest BCUT2D eigenvalue weighted by molar-refractivity contribution is -0.160. The second kappa shape index (κ2) is 5.39. The fourth-order valence-corrected chi connectivity index (χ4v) is 1.44. The van der Waals surface area contributed by atoms with Crippen LogP contribution in [0.15, 0.2) is 18.2 Å². The molecular weight excluding hydrogens is 249 g/mol. The van der Waals surface area contributed by atoms with E-state index in [1.54, 1.807) is 0 Å². The van der Waals surface area contributed by atoms with Crippen molar-refractivity contribution in [1.82, 2.24) is 0 Å². The van der Waals surface area contributed by atoms with Gasteiger partial charge in [-0.25, -0.2) is 18.0 Å². The number of hydrogen-bond acceptors (Lipinski definition) is 3. The SMILES string of the molecule is CCOC(=O)C(F)C(C)(O)c1cc(F)cc(F)c1. The normalized spacial score (nSPS) is 15.9. The molecule has 0 aliphatic rings. The van der Waals surface area contributed by atoms with Gasteiger partial charge in [-0.05, 0) is 31.5 Å². The predicted molar refractivity (Wildman–Crippen MR) is 57.5 cm³/mol. The topological polar surface area (TPSA) is 46.5 Å². The Morgan fingerprint density at radius 3 is 2.33 bits per heavy atom. The Bertz CT molecular complexity index is 426. The first-order chi connectivity index (χ1) is 8.28. The molecule has 0 saturated heterocycles. The monoisotopic (exact) mass is 262 g/mol. The van der Waals surface area contributed by atoms with Crippen LogP contribution in [0.25, 0.3) is 0 Å². The molecule has 18 heavy (non-hydrogen) atoms. The van der Waals surface area contributed by atoms with Crippen LogP contribution in [0.5, 0.6) is 0 Å². The summed E-state index contributed by atoms with van der Waals surface area (Å²) in [6, 6.07) is 2.10. The number of rotatable bonds is 4. The summed E-state index contributed by atoms with van der Waals surface area (Å²) in [4.78, 5) is 11.2. The highest BCUT2D eigenvalue weighted by Gasteiger charge is 2.41. The lowest BCUT2D eigenvalue weighted by Crippen LogP contribution is -2.40. The summed E-state index contributed by atoms with van der Waals surface area (Å²) in [6.45, 7) is 2.36. The van der Waals surface area contributed by atoms with Gasteiger partial charge in [-0.3, -0.25) is 0 Å². The van der Waals surface area contributed by atoms with Crippen LogP contribution in [0.4, 0.5) is 13.2 Å². The van der Waals surface area contributed by atoms with Gasteiger partial charge in [0.1, 0.15) is 17.2 Å². The number of hydrogen-bond donors (Lipinski definition) is 1. The number of carbonyl (C=O) groups is 1. The molecule has 0 radical (unpaired) electrons. The van der Waals surface area contributed by atoms with Gasteiger partial charge in [0.05, 0.1) is 6.61 Å². The maximum atomic E-state index is 13.7. The van der Waals surface area contributed by atoms with Crippen molar-refractivity contribution in [1.29, 1.82) is 0 Å². The van der Waals surface area contributed by atoms with Crippen LogP contribution in [-0.4, -0.2) is 23.9 Å². The van der Waals surface area contributed by atoms with E-state index in [9.17, 15) is 23.1 Å². The van der Waals surface area contributed by atoms with E-state index < -0.39 is 29.4 Å². The lowest BCUT2D eigenvalue weighted by Gasteiger charge is -2.26. The fourth-order valence-electron chi connectivity index (χ4n) is 1.44. The maximum Gasteiger partial charge on any atom is 0.344 e. The van der Waals surface area contributed by atoms with Crippen molar-refractivity contribution in [3.8, 4) is 0 Å².